The van der Waals surface area contributed by atoms with Crippen LogP contribution in [0.25, 0.3) is 16.8 Å². The average molecular weight is 506 g/mol. The van der Waals surface area contributed by atoms with Gasteiger partial charge in [-0.05, 0) is 80.7 Å². The van der Waals surface area contributed by atoms with Gasteiger partial charge in [-0.2, -0.15) is 5.10 Å². The van der Waals surface area contributed by atoms with Crippen molar-refractivity contribution in [1.82, 2.24) is 9.61 Å². The summed E-state index contributed by atoms with van der Waals surface area (Å²) in [5.74, 6) is 2.87. The molecular weight excluding hydrogens is 466 g/mol. The lowest BCUT2D eigenvalue weighted by Gasteiger charge is -2.31. The Morgan fingerprint density at radius 2 is 1.70 bits per heavy atom. The quantitative estimate of drug-likeness (QED) is 0.350. The van der Waals surface area contributed by atoms with E-state index in [9.17, 15) is 4.79 Å². The maximum Gasteiger partial charge on any atom is 0.134 e. The molecule has 3 aromatic rings. The predicted molar refractivity (Wildman–Crippen MR) is 146 cm³/mol. The van der Waals surface area contributed by atoms with Gasteiger partial charge in [0.05, 0.1) is 42.4 Å². The second-order valence-corrected chi connectivity index (χ2v) is 10.5. The second-order valence-electron chi connectivity index (χ2n) is 10.5. The monoisotopic (exact) mass is 505 g/mol. The smallest absolute Gasteiger partial charge is 0.134 e. The van der Waals surface area contributed by atoms with Crippen LogP contribution >= 0.6 is 0 Å². The maximum atomic E-state index is 11.8. The Hall–Kier alpha value is -3.06. The zero-order chi connectivity index (χ0) is 25.9. The van der Waals surface area contributed by atoms with E-state index in [0.717, 1.165) is 79.5 Å². The molecule has 1 aliphatic heterocycles. The summed E-state index contributed by atoms with van der Waals surface area (Å²) in [5.41, 5.74) is 6.12. The maximum absolute atomic E-state index is 11.8. The van der Waals surface area contributed by atoms with Gasteiger partial charge in [0.2, 0.25) is 0 Å². The van der Waals surface area contributed by atoms with Crippen LogP contribution in [0, 0.1) is 11.8 Å². The Bertz CT molecular complexity index is 1230. The van der Waals surface area contributed by atoms with Crippen LogP contribution in [0.1, 0.15) is 50.8 Å². The Balaban J connectivity index is 1.63. The Morgan fingerprint density at radius 1 is 1.05 bits per heavy atom. The standard InChI is InChI=1S/C30H39N3O4/c1-5-24-30(32(18-21-9-10-21)19-22-11-13-37-14-12-22)26-8-6-7-25(33(26)31-24)29-27(35-3)16-23(15-20(2)34)17-28(29)36-4/h6-8,16-17,21-22H,5,9-15,18-19H2,1-4H3. The normalized spacial score (nSPS) is 16.2. The first-order valence-corrected chi connectivity index (χ1v) is 13.6. The van der Waals surface area contributed by atoms with E-state index in [1.807, 2.05) is 12.1 Å². The van der Waals surface area contributed by atoms with Crippen molar-refractivity contribution in [3.63, 3.8) is 0 Å². The van der Waals surface area contributed by atoms with Gasteiger partial charge < -0.3 is 19.1 Å². The molecule has 0 amide bonds. The molecule has 0 N–H and O–H groups in total. The van der Waals surface area contributed by atoms with E-state index in [0.29, 0.717) is 23.8 Å². The number of aromatic nitrogens is 2. The minimum atomic E-state index is 0.101. The number of aryl methyl sites for hydroxylation is 1. The molecule has 0 radical (unpaired) electrons. The topological polar surface area (TPSA) is 65.3 Å². The molecule has 7 nitrogen and oxygen atoms in total. The van der Waals surface area contributed by atoms with E-state index in [1.165, 1.54) is 18.5 Å². The van der Waals surface area contributed by atoms with Gasteiger partial charge in [0, 0.05) is 32.7 Å². The predicted octanol–water partition coefficient (Wildman–Crippen LogP) is 5.36. The van der Waals surface area contributed by atoms with E-state index in [1.54, 1.807) is 21.1 Å². The van der Waals surface area contributed by atoms with Crippen molar-refractivity contribution in [1.29, 1.82) is 0 Å². The number of hydrogen-bond donors (Lipinski definition) is 0. The van der Waals surface area contributed by atoms with E-state index in [2.05, 4.69) is 34.5 Å². The SMILES string of the molecule is CCc1nn2c(-c3c(OC)cc(CC(C)=O)cc3OC)cccc2c1N(CC1CCOCC1)CC1CC1. The molecule has 1 saturated heterocycles. The molecule has 37 heavy (non-hydrogen) atoms. The summed E-state index contributed by atoms with van der Waals surface area (Å²) >= 11 is 0. The number of pyridine rings is 1. The molecule has 0 spiro atoms. The van der Waals surface area contributed by atoms with Crippen LogP contribution in [0.4, 0.5) is 5.69 Å². The van der Waals surface area contributed by atoms with Crippen LogP contribution in [-0.4, -0.2) is 55.9 Å². The number of nitrogens with zero attached hydrogens (tertiary/aromatic N) is 3. The highest BCUT2D eigenvalue weighted by Crippen LogP contribution is 2.42. The Morgan fingerprint density at radius 3 is 2.27 bits per heavy atom. The van der Waals surface area contributed by atoms with Gasteiger partial charge in [0.25, 0.3) is 0 Å². The largest absolute Gasteiger partial charge is 0.496 e. The van der Waals surface area contributed by atoms with Crippen molar-refractivity contribution in [2.24, 2.45) is 11.8 Å². The first kappa shape index (κ1) is 25.6. The first-order chi connectivity index (χ1) is 18.0. The van der Waals surface area contributed by atoms with E-state index < -0.39 is 0 Å². The molecule has 2 aromatic heterocycles. The minimum Gasteiger partial charge on any atom is -0.496 e. The summed E-state index contributed by atoms with van der Waals surface area (Å²) in [6, 6.07) is 10.2. The zero-order valence-corrected chi connectivity index (χ0v) is 22.6. The third kappa shape index (κ3) is 5.47. The van der Waals surface area contributed by atoms with Crippen LogP contribution in [0.2, 0.25) is 0 Å². The third-order valence-electron chi connectivity index (χ3n) is 7.62. The molecule has 198 valence electrons. The number of Topliss-reactive ketones (excluding diaryl/α,β-unsaturated/α-hetero) is 1. The van der Waals surface area contributed by atoms with Gasteiger partial charge in [-0.1, -0.05) is 13.0 Å². The van der Waals surface area contributed by atoms with Crippen molar-refractivity contribution >= 4 is 17.0 Å². The summed E-state index contributed by atoms with van der Waals surface area (Å²) < 4.78 is 19.4. The van der Waals surface area contributed by atoms with Crippen molar-refractivity contribution in [3.8, 4) is 22.8 Å². The van der Waals surface area contributed by atoms with Crippen molar-refractivity contribution < 1.29 is 19.0 Å². The number of benzene rings is 1. The zero-order valence-electron chi connectivity index (χ0n) is 22.6. The van der Waals surface area contributed by atoms with Crippen LogP contribution in [0.5, 0.6) is 11.5 Å². The fraction of sp³-hybridized carbons (Fsp3) is 0.533. The summed E-state index contributed by atoms with van der Waals surface area (Å²) in [4.78, 5) is 14.4. The lowest BCUT2D eigenvalue weighted by Crippen LogP contribution is -2.34. The molecule has 3 heterocycles. The second kappa shape index (κ2) is 11.1. The lowest BCUT2D eigenvalue weighted by atomic mass is 9.99. The molecule has 0 bridgehead atoms. The summed E-state index contributed by atoms with van der Waals surface area (Å²) in [5, 5.41) is 5.16. The van der Waals surface area contributed by atoms with Gasteiger partial charge in [-0.15, -0.1) is 0 Å². The molecule has 0 unspecified atom stereocenters. The highest BCUT2D eigenvalue weighted by molar-refractivity contribution is 5.84. The highest BCUT2D eigenvalue weighted by atomic mass is 16.5. The molecule has 0 atom stereocenters. The van der Waals surface area contributed by atoms with Gasteiger partial charge >= 0.3 is 0 Å². The number of hydrogen-bond acceptors (Lipinski definition) is 6. The van der Waals surface area contributed by atoms with E-state index >= 15 is 0 Å². The number of carbonyl (C=O) groups excluding carboxylic acids is 1. The van der Waals surface area contributed by atoms with Gasteiger partial charge in [0.1, 0.15) is 17.3 Å². The van der Waals surface area contributed by atoms with Crippen LogP contribution in [-0.2, 0) is 22.4 Å². The molecule has 1 saturated carbocycles. The number of carbonyl (C=O) groups is 1. The molecule has 2 fully saturated rings. The lowest BCUT2D eigenvalue weighted by molar-refractivity contribution is -0.116. The fourth-order valence-corrected chi connectivity index (χ4v) is 5.59. The van der Waals surface area contributed by atoms with Crippen LogP contribution in [0.15, 0.2) is 30.3 Å². The van der Waals surface area contributed by atoms with Crippen molar-refractivity contribution in [2.75, 3.05) is 45.4 Å². The third-order valence-corrected chi connectivity index (χ3v) is 7.62. The van der Waals surface area contributed by atoms with E-state index in [-0.39, 0.29) is 5.78 Å². The van der Waals surface area contributed by atoms with Gasteiger partial charge in [-0.25, -0.2) is 4.52 Å². The number of ketones is 1. The molecular formula is C30H39N3O4. The highest BCUT2D eigenvalue weighted by Gasteiger charge is 2.30. The van der Waals surface area contributed by atoms with E-state index in [4.69, 9.17) is 19.3 Å². The molecule has 7 heteroatoms. The van der Waals surface area contributed by atoms with Crippen LogP contribution < -0.4 is 14.4 Å². The summed E-state index contributed by atoms with van der Waals surface area (Å²) in [7, 11) is 3.32. The van der Waals surface area contributed by atoms with Gasteiger partial charge in [-0.3, -0.25) is 4.79 Å². The molecule has 5 rings (SSSR count). The summed E-state index contributed by atoms with van der Waals surface area (Å²) in [6.45, 7) is 7.64. The number of anilines is 1. The average Bonchev–Trinajstić information content (AvgIpc) is 3.64. The molecule has 2 aliphatic rings. The fourth-order valence-electron chi connectivity index (χ4n) is 5.59. The summed E-state index contributed by atoms with van der Waals surface area (Å²) in [6.07, 6.45) is 6.07. The molecule has 1 aliphatic carbocycles. The molecule has 1 aromatic carbocycles. The number of rotatable bonds is 11. The van der Waals surface area contributed by atoms with Gasteiger partial charge in [0.15, 0.2) is 0 Å². The van der Waals surface area contributed by atoms with Crippen molar-refractivity contribution in [2.45, 2.75) is 52.4 Å². The van der Waals surface area contributed by atoms with Crippen LogP contribution in [0.3, 0.4) is 0 Å². The Kier molecular flexibility index (Phi) is 7.70. The minimum absolute atomic E-state index is 0.101. The number of ether oxygens (including phenoxy) is 3. The van der Waals surface area contributed by atoms with Crippen molar-refractivity contribution in [3.05, 3.63) is 41.6 Å². The Labute approximate surface area is 219 Å². The number of methoxy groups -OCH3 is 2. The first-order valence-electron chi connectivity index (χ1n) is 13.6. The number of fused-ring (bicyclic) bond motifs is 1.